The van der Waals surface area contributed by atoms with E-state index in [0.29, 0.717) is 18.2 Å². The van der Waals surface area contributed by atoms with Crippen molar-refractivity contribution in [2.75, 3.05) is 19.7 Å². The van der Waals surface area contributed by atoms with Gasteiger partial charge in [0.1, 0.15) is 5.75 Å². The highest BCUT2D eigenvalue weighted by molar-refractivity contribution is 14.0. The van der Waals surface area contributed by atoms with Crippen LogP contribution in [0.4, 0.5) is 0 Å². The van der Waals surface area contributed by atoms with Crippen LogP contribution in [0.1, 0.15) is 49.8 Å². The van der Waals surface area contributed by atoms with Crippen LogP contribution in [-0.2, 0) is 17.8 Å². The summed E-state index contributed by atoms with van der Waals surface area (Å²) in [7, 11) is 0. The SMILES string of the molecule is CCNC(=NCc1cccc(OCC(N)=O)c1)NCCCc1ccc(C(C)C)cc1.I. The minimum Gasteiger partial charge on any atom is -0.484 e. The van der Waals surface area contributed by atoms with Gasteiger partial charge in [0.15, 0.2) is 12.6 Å². The topological polar surface area (TPSA) is 88.7 Å². The normalized spacial score (nSPS) is 11.0. The first-order chi connectivity index (χ1) is 14.5. The van der Waals surface area contributed by atoms with E-state index < -0.39 is 5.91 Å². The van der Waals surface area contributed by atoms with E-state index in [4.69, 9.17) is 10.5 Å². The average Bonchev–Trinajstić information content (AvgIpc) is 2.74. The quantitative estimate of drug-likeness (QED) is 0.175. The van der Waals surface area contributed by atoms with Crippen molar-refractivity contribution in [3.05, 3.63) is 65.2 Å². The number of hydrogen-bond acceptors (Lipinski definition) is 3. The summed E-state index contributed by atoms with van der Waals surface area (Å²) < 4.78 is 5.35. The van der Waals surface area contributed by atoms with Crippen molar-refractivity contribution >= 4 is 35.8 Å². The molecule has 4 N–H and O–H groups in total. The van der Waals surface area contributed by atoms with E-state index in [1.54, 1.807) is 6.07 Å². The number of ether oxygens (including phenoxy) is 1. The number of guanidine groups is 1. The van der Waals surface area contributed by atoms with Crippen LogP contribution in [0.3, 0.4) is 0 Å². The highest BCUT2D eigenvalue weighted by atomic mass is 127. The number of carbonyl (C=O) groups excluding carboxylic acids is 1. The Morgan fingerprint density at radius 3 is 2.48 bits per heavy atom. The van der Waals surface area contributed by atoms with Gasteiger partial charge in [-0.3, -0.25) is 4.79 Å². The Morgan fingerprint density at radius 2 is 1.84 bits per heavy atom. The summed E-state index contributed by atoms with van der Waals surface area (Å²) in [6, 6.07) is 16.4. The lowest BCUT2D eigenvalue weighted by Gasteiger charge is -2.12. The fraction of sp³-hybridized carbons (Fsp3) is 0.417. The minimum absolute atomic E-state index is 0. The van der Waals surface area contributed by atoms with Crippen molar-refractivity contribution in [3.8, 4) is 5.75 Å². The van der Waals surface area contributed by atoms with Crippen molar-refractivity contribution in [1.82, 2.24) is 10.6 Å². The van der Waals surface area contributed by atoms with E-state index in [1.165, 1.54) is 11.1 Å². The highest BCUT2D eigenvalue weighted by Crippen LogP contribution is 2.15. The molecule has 6 nitrogen and oxygen atoms in total. The van der Waals surface area contributed by atoms with Gasteiger partial charge in [-0.15, -0.1) is 24.0 Å². The van der Waals surface area contributed by atoms with E-state index in [1.807, 2.05) is 25.1 Å². The summed E-state index contributed by atoms with van der Waals surface area (Å²) in [5.74, 6) is 1.47. The van der Waals surface area contributed by atoms with Gasteiger partial charge in [-0.2, -0.15) is 0 Å². The molecule has 0 radical (unpaired) electrons. The third kappa shape index (κ3) is 10.5. The number of primary amides is 1. The third-order valence-corrected chi connectivity index (χ3v) is 4.62. The number of carbonyl (C=O) groups is 1. The Labute approximate surface area is 203 Å². The molecular weight excluding hydrogens is 503 g/mol. The lowest BCUT2D eigenvalue weighted by atomic mass is 10.0. The van der Waals surface area contributed by atoms with Gasteiger partial charge in [-0.25, -0.2) is 4.99 Å². The molecule has 0 aromatic heterocycles. The molecule has 2 aromatic carbocycles. The minimum atomic E-state index is -0.493. The molecule has 0 bridgehead atoms. The highest BCUT2D eigenvalue weighted by Gasteiger charge is 2.02. The fourth-order valence-corrected chi connectivity index (χ4v) is 2.97. The molecule has 1 amide bonds. The van der Waals surface area contributed by atoms with E-state index in [9.17, 15) is 4.79 Å². The summed E-state index contributed by atoms with van der Waals surface area (Å²) in [4.78, 5) is 15.5. The molecule has 0 unspecified atom stereocenters. The first-order valence-corrected chi connectivity index (χ1v) is 10.6. The molecule has 31 heavy (non-hydrogen) atoms. The van der Waals surface area contributed by atoms with Crippen LogP contribution in [0.5, 0.6) is 5.75 Å². The maximum atomic E-state index is 10.9. The number of aliphatic imine (C=N–C) groups is 1. The average molecular weight is 538 g/mol. The van der Waals surface area contributed by atoms with Gasteiger partial charge in [0, 0.05) is 13.1 Å². The zero-order valence-electron chi connectivity index (χ0n) is 18.7. The largest absolute Gasteiger partial charge is 0.484 e. The second-order valence-electron chi connectivity index (χ2n) is 7.52. The fourth-order valence-electron chi connectivity index (χ4n) is 2.97. The molecule has 0 aliphatic carbocycles. The lowest BCUT2D eigenvalue weighted by molar-refractivity contribution is -0.119. The van der Waals surface area contributed by atoms with E-state index >= 15 is 0 Å². The second-order valence-corrected chi connectivity index (χ2v) is 7.52. The van der Waals surface area contributed by atoms with Crippen molar-refractivity contribution in [3.63, 3.8) is 0 Å². The maximum absolute atomic E-state index is 10.9. The number of amides is 1. The van der Waals surface area contributed by atoms with Crippen LogP contribution in [0.15, 0.2) is 53.5 Å². The molecular formula is C24H35IN4O2. The number of hydrogen-bond donors (Lipinski definition) is 3. The Kier molecular flexibility index (Phi) is 12.7. The van der Waals surface area contributed by atoms with Gasteiger partial charge in [0.2, 0.25) is 0 Å². The molecule has 0 fully saturated rings. The Hall–Kier alpha value is -2.29. The number of nitrogens with two attached hydrogens (primary N) is 1. The summed E-state index contributed by atoms with van der Waals surface area (Å²) in [5.41, 5.74) is 8.86. The molecule has 0 aliphatic rings. The van der Waals surface area contributed by atoms with Gasteiger partial charge in [0.25, 0.3) is 5.91 Å². The molecule has 0 saturated carbocycles. The molecule has 2 aromatic rings. The molecule has 0 aliphatic heterocycles. The van der Waals surface area contributed by atoms with Crippen LogP contribution in [0.25, 0.3) is 0 Å². The number of nitrogens with one attached hydrogen (secondary N) is 2. The molecule has 0 spiro atoms. The van der Waals surface area contributed by atoms with Gasteiger partial charge < -0.3 is 21.1 Å². The van der Waals surface area contributed by atoms with E-state index in [2.05, 4.69) is 53.7 Å². The predicted molar refractivity (Wildman–Crippen MR) is 138 cm³/mol. The molecule has 2 rings (SSSR count). The standard InChI is InChI=1S/C24H34N4O2.HI/c1-4-26-24(27-14-6-8-19-10-12-21(13-11-19)18(2)3)28-16-20-7-5-9-22(15-20)30-17-23(25)29;/h5,7,9-13,15,18H,4,6,8,14,16-17H2,1-3H3,(H2,25,29)(H2,26,27,28);1H. The third-order valence-electron chi connectivity index (χ3n) is 4.62. The van der Waals surface area contributed by atoms with E-state index in [0.717, 1.165) is 37.5 Å². The smallest absolute Gasteiger partial charge is 0.255 e. The first-order valence-electron chi connectivity index (χ1n) is 10.6. The summed E-state index contributed by atoms with van der Waals surface area (Å²) in [6.45, 7) is 8.50. The van der Waals surface area contributed by atoms with Gasteiger partial charge in [-0.1, -0.05) is 50.2 Å². The zero-order chi connectivity index (χ0) is 21.8. The summed E-state index contributed by atoms with van der Waals surface area (Å²) >= 11 is 0. The van der Waals surface area contributed by atoms with Crippen LogP contribution < -0.4 is 21.1 Å². The number of aryl methyl sites for hydroxylation is 1. The number of nitrogens with zero attached hydrogens (tertiary/aromatic N) is 1. The molecule has 7 heteroatoms. The monoisotopic (exact) mass is 538 g/mol. The predicted octanol–water partition coefficient (Wildman–Crippen LogP) is 3.98. The first kappa shape index (κ1) is 26.7. The van der Waals surface area contributed by atoms with Crippen LogP contribution in [0.2, 0.25) is 0 Å². The molecule has 170 valence electrons. The Morgan fingerprint density at radius 1 is 1.10 bits per heavy atom. The van der Waals surface area contributed by atoms with Crippen molar-refractivity contribution in [2.24, 2.45) is 10.7 Å². The maximum Gasteiger partial charge on any atom is 0.255 e. The summed E-state index contributed by atoms with van der Waals surface area (Å²) in [5, 5.41) is 6.66. The lowest BCUT2D eigenvalue weighted by Crippen LogP contribution is -2.37. The number of benzene rings is 2. The summed E-state index contributed by atoms with van der Waals surface area (Å²) in [6.07, 6.45) is 2.06. The second kappa shape index (κ2) is 14.7. The van der Waals surface area contributed by atoms with Gasteiger partial charge >= 0.3 is 0 Å². The van der Waals surface area contributed by atoms with Crippen molar-refractivity contribution < 1.29 is 9.53 Å². The van der Waals surface area contributed by atoms with Crippen molar-refractivity contribution in [2.45, 2.75) is 46.1 Å². The zero-order valence-corrected chi connectivity index (χ0v) is 21.0. The van der Waals surface area contributed by atoms with Crippen LogP contribution in [0, 0.1) is 0 Å². The molecule has 0 atom stereocenters. The Bertz CT molecular complexity index is 823. The van der Waals surface area contributed by atoms with Crippen molar-refractivity contribution in [1.29, 1.82) is 0 Å². The Balaban J connectivity index is 0.00000480. The number of halogens is 1. The van der Waals surface area contributed by atoms with Gasteiger partial charge in [0.05, 0.1) is 6.54 Å². The van der Waals surface area contributed by atoms with E-state index in [-0.39, 0.29) is 30.6 Å². The van der Waals surface area contributed by atoms with Crippen LogP contribution >= 0.6 is 24.0 Å². The molecule has 0 saturated heterocycles. The molecule has 0 heterocycles. The number of rotatable bonds is 11. The van der Waals surface area contributed by atoms with Crippen LogP contribution in [-0.4, -0.2) is 31.6 Å². The van der Waals surface area contributed by atoms with Gasteiger partial charge in [-0.05, 0) is 54.5 Å².